The monoisotopic (exact) mass is 262 g/mol. The Hall–Kier alpha value is -2.14. The molecule has 0 fully saturated rings. The molecule has 0 spiro atoms. The van der Waals surface area contributed by atoms with Crippen LogP contribution in [0, 0.1) is 0 Å². The van der Waals surface area contributed by atoms with Crippen LogP contribution >= 0.6 is 0 Å². The molecule has 0 amide bonds. The molecule has 1 aromatic rings. The standard InChI is InChI=1S/C13H10O4S/c14-13(15)11-7-2-1-5-9(11)10-6-3-4-8-12(10)18(16)17/h1-7H,8H2,(H,14,15). The summed E-state index contributed by atoms with van der Waals surface area (Å²) in [5.41, 5.74) is 0.972. The molecule has 0 atom stereocenters. The SMILES string of the molecule is O=C(O)c1ccccc1C1=CC=CCC1=S(=O)=O. The summed E-state index contributed by atoms with van der Waals surface area (Å²) in [5, 5.41) is 9.11. The number of rotatable bonds is 2. The second-order valence-corrected chi connectivity index (χ2v) is 4.68. The fraction of sp³-hybridized carbons (Fsp3) is 0.0769. The summed E-state index contributed by atoms with van der Waals surface area (Å²) >= 11 is 0. The highest BCUT2D eigenvalue weighted by Crippen LogP contribution is 2.24. The lowest BCUT2D eigenvalue weighted by Gasteiger charge is -2.12. The van der Waals surface area contributed by atoms with Gasteiger partial charge in [0.25, 0.3) is 0 Å². The molecule has 0 saturated heterocycles. The molecular formula is C13H10O4S. The molecule has 0 radical (unpaired) electrons. The summed E-state index contributed by atoms with van der Waals surface area (Å²) in [6, 6.07) is 6.37. The Kier molecular flexibility index (Phi) is 3.43. The van der Waals surface area contributed by atoms with Gasteiger partial charge in [0.15, 0.2) is 0 Å². The summed E-state index contributed by atoms with van der Waals surface area (Å²) in [5.74, 6) is -1.07. The lowest BCUT2D eigenvalue weighted by atomic mass is 9.93. The van der Waals surface area contributed by atoms with Gasteiger partial charge in [-0.1, -0.05) is 36.4 Å². The van der Waals surface area contributed by atoms with Gasteiger partial charge in [0.05, 0.1) is 10.4 Å². The highest BCUT2D eigenvalue weighted by atomic mass is 32.2. The van der Waals surface area contributed by atoms with E-state index in [4.69, 9.17) is 5.11 Å². The van der Waals surface area contributed by atoms with Crippen molar-refractivity contribution in [3.05, 3.63) is 53.6 Å². The second-order valence-electron chi connectivity index (χ2n) is 3.72. The van der Waals surface area contributed by atoms with Crippen LogP contribution in [0.2, 0.25) is 0 Å². The van der Waals surface area contributed by atoms with Crippen molar-refractivity contribution in [2.75, 3.05) is 0 Å². The van der Waals surface area contributed by atoms with Crippen LogP contribution in [0.1, 0.15) is 22.3 Å². The van der Waals surface area contributed by atoms with Crippen LogP contribution in [0.5, 0.6) is 0 Å². The zero-order valence-electron chi connectivity index (χ0n) is 9.33. The van der Waals surface area contributed by atoms with Crippen molar-refractivity contribution in [1.29, 1.82) is 0 Å². The summed E-state index contributed by atoms with van der Waals surface area (Å²) < 4.78 is 22.3. The first kappa shape index (κ1) is 12.3. The van der Waals surface area contributed by atoms with Crippen LogP contribution in [0.4, 0.5) is 0 Å². The van der Waals surface area contributed by atoms with Crippen LogP contribution in [0.15, 0.2) is 42.5 Å². The molecule has 1 aliphatic rings. The predicted octanol–water partition coefficient (Wildman–Crippen LogP) is 1.78. The third-order valence-electron chi connectivity index (χ3n) is 2.65. The van der Waals surface area contributed by atoms with Crippen molar-refractivity contribution in [2.24, 2.45) is 0 Å². The molecule has 5 heteroatoms. The smallest absolute Gasteiger partial charge is 0.336 e. The number of hydrogen-bond acceptors (Lipinski definition) is 3. The topological polar surface area (TPSA) is 71.4 Å². The van der Waals surface area contributed by atoms with Crippen molar-refractivity contribution in [2.45, 2.75) is 6.42 Å². The maximum Gasteiger partial charge on any atom is 0.336 e. The number of benzene rings is 1. The molecule has 1 aliphatic carbocycles. The van der Waals surface area contributed by atoms with Crippen LogP contribution in [0.3, 0.4) is 0 Å². The van der Waals surface area contributed by atoms with Gasteiger partial charge >= 0.3 is 5.97 Å². The van der Waals surface area contributed by atoms with Crippen molar-refractivity contribution in [3.8, 4) is 0 Å². The lowest BCUT2D eigenvalue weighted by Crippen LogP contribution is -2.09. The van der Waals surface area contributed by atoms with Crippen molar-refractivity contribution >= 4 is 26.7 Å². The molecule has 0 aromatic heterocycles. The molecule has 92 valence electrons. The Morgan fingerprint density at radius 3 is 2.61 bits per heavy atom. The minimum atomic E-state index is -2.35. The highest BCUT2D eigenvalue weighted by molar-refractivity contribution is 7.74. The lowest BCUT2D eigenvalue weighted by molar-refractivity contribution is 0.0696. The van der Waals surface area contributed by atoms with Gasteiger partial charge in [0.1, 0.15) is 0 Å². The van der Waals surface area contributed by atoms with Gasteiger partial charge in [0, 0.05) is 12.0 Å². The Bertz CT molecular complexity index is 685. The number of carboxylic acid groups (broad SMARTS) is 1. The average molecular weight is 262 g/mol. The first-order valence-electron chi connectivity index (χ1n) is 5.26. The van der Waals surface area contributed by atoms with E-state index in [1.165, 1.54) is 6.07 Å². The van der Waals surface area contributed by atoms with E-state index < -0.39 is 16.3 Å². The van der Waals surface area contributed by atoms with E-state index in [0.717, 1.165) is 0 Å². The molecule has 4 nitrogen and oxygen atoms in total. The van der Waals surface area contributed by atoms with E-state index in [9.17, 15) is 13.2 Å². The quantitative estimate of drug-likeness (QED) is 0.825. The van der Waals surface area contributed by atoms with Gasteiger partial charge in [-0.2, -0.15) is 8.42 Å². The largest absolute Gasteiger partial charge is 0.478 e. The third kappa shape index (κ3) is 2.26. The summed E-state index contributed by atoms with van der Waals surface area (Å²) in [6.45, 7) is 0. The number of aromatic carboxylic acids is 1. The molecule has 0 heterocycles. The van der Waals surface area contributed by atoms with E-state index in [0.29, 0.717) is 11.1 Å². The van der Waals surface area contributed by atoms with Crippen LogP contribution in [-0.4, -0.2) is 24.4 Å². The zero-order chi connectivity index (χ0) is 13.1. The average Bonchev–Trinajstić information content (AvgIpc) is 2.38. The van der Waals surface area contributed by atoms with E-state index in [1.807, 2.05) is 0 Å². The number of carboxylic acids is 1. The Morgan fingerprint density at radius 1 is 1.22 bits per heavy atom. The van der Waals surface area contributed by atoms with Gasteiger partial charge in [-0.15, -0.1) is 0 Å². The molecule has 18 heavy (non-hydrogen) atoms. The highest BCUT2D eigenvalue weighted by Gasteiger charge is 2.18. The predicted molar refractivity (Wildman–Crippen MR) is 69.1 cm³/mol. The molecule has 2 rings (SSSR count). The molecule has 1 N–H and O–H groups in total. The van der Waals surface area contributed by atoms with Gasteiger partial charge < -0.3 is 5.11 Å². The number of allylic oxidation sites excluding steroid dienone is 4. The van der Waals surface area contributed by atoms with E-state index in [-0.39, 0.29) is 16.8 Å². The first-order chi connectivity index (χ1) is 8.61. The molecule has 0 bridgehead atoms. The zero-order valence-corrected chi connectivity index (χ0v) is 10.1. The summed E-state index contributed by atoms with van der Waals surface area (Å²) in [7, 11) is -2.35. The Balaban J connectivity index is 2.69. The maximum atomic E-state index is 11.2. The van der Waals surface area contributed by atoms with Crippen molar-refractivity contribution < 1.29 is 18.3 Å². The second kappa shape index (κ2) is 5.01. The van der Waals surface area contributed by atoms with E-state index in [1.54, 1.807) is 36.4 Å². The summed E-state index contributed by atoms with van der Waals surface area (Å²) in [6.07, 6.45) is 5.36. The van der Waals surface area contributed by atoms with Gasteiger partial charge in [0.2, 0.25) is 10.3 Å². The molecule has 0 aliphatic heterocycles. The fourth-order valence-electron chi connectivity index (χ4n) is 1.84. The number of carbonyl (C=O) groups is 1. The summed E-state index contributed by atoms with van der Waals surface area (Å²) in [4.78, 5) is 11.3. The van der Waals surface area contributed by atoms with E-state index >= 15 is 0 Å². The molecular weight excluding hydrogens is 252 g/mol. The van der Waals surface area contributed by atoms with Crippen molar-refractivity contribution in [1.82, 2.24) is 0 Å². The molecule has 0 saturated carbocycles. The van der Waals surface area contributed by atoms with Crippen LogP contribution in [0.25, 0.3) is 5.57 Å². The normalized spacial score (nSPS) is 14.2. The fourth-order valence-corrected chi connectivity index (χ4v) is 2.43. The van der Waals surface area contributed by atoms with Gasteiger partial charge in [-0.3, -0.25) is 0 Å². The van der Waals surface area contributed by atoms with Gasteiger partial charge in [-0.05, 0) is 11.6 Å². The third-order valence-corrected chi connectivity index (χ3v) is 3.44. The van der Waals surface area contributed by atoms with Crippen LogP contribution < -0.4 is 0 Å². The number of hydrogen-bond donors (Lipinski definition) is 1. The maximum absolute atomic E-state index is 11.2. The Morgan fingerprint density at radius 2 is 1.94 bits per heavy atom. The minimum Gasteiger partial charge on any atom is -0.478 e. The molecule has 0 unspecified atom stereocenters. The molecule has 1 aromatic carbocycles. The van der Waals surface area contributed by atoms with E-state index in [2.05, 4.69) is 0 Å². The van der Waals surface area contributed by atoms with Gasteiger partial charge in [-0.25, -0.2) is 4.79 Å². The Labute approximate surface area is 105 Å². The first-order valence-corrected chi connectivity index (χ1v) is 6.33. The minimum absolute atomic E-state index is 0.0991. The van der Waals surface area contributed by atoms with Crippen molar-refractivity contribution in [3.63, 3.8) is 0 Å². The van der Waals surface area contributed by atoms with Crippen LogP contribution in [-0.2, 0) is 10.3 Å².